The van der Waals surface area contributed by atoms with Crippen LogP contribution in [0.5, 0.6) is 5.75 Å². The Morgan fingerprint density at radius 3 is 2.84 bits per heavy atom. The number of fused-ring (bicyclic) bond motifs is 4. The molecule has 1 saturated heterocycles. The Morgan fingerprint density at radius 2 is 1.97 bits per heavy atom. The first-order valence-electron chi connectivity index (χ1n) is 11.2. The smallest absolute Gasteiger partial charge is 0.150 e. The van der Waals surface area contributed by atoms with E-state index in [2.05, 4.69) is 24.2 Å². The van der Waals surface area contributed by atoms with Gasteiger partial charge >= 0.3 is 0 Å². The average Bonchev–Trinajstić information content (AvgIpc) is 3.42. The minimum Gasteiger partial charge on any atom is -0.491 e. The van der Waals surface area contributed by atoms with Crippen LogP contribution in [0.25, 0.3) is 22.2 Å². The predicted molar refractivity (Wildman–Crippen MR) is 116 cm³/mol. The molecule has 31 heavy (non-hydrogen) atoms. The zero-order chi connectivity index (χ0) is 21.2. The third-order valence-corrected chi connectivity index (χ3v) is 5.91. The van der Waals surface area contributed by atoms with Crippen LogP contribution in [-0.4, -0.2) is 58.7 Å². The minimum absolute atomic E-state index is 0.0200. The molecule has 1 aromatic carbocycles. The van der Waals surface area contributed by atoms with Crippen molar-refractivity contribution in [2.24, 2.45) is 0 Å². The molecule has 0 amide bonds. The Hall–Kier alpha value is -2.42. The molecule has 3 atom stereocenters. The summed E-state index contributed by atoms with van der Waals surface area (Å²) in [7, 11) is 0. The largest absolute Gasteiger partial charge is 0.491 e. The Bertz CT molecular complexity index is 1020. The molecule has 0 spiro atoms. The minimum atomic E-state index is -0.0401. The average molecular weight is 427 g/mol. The van der Waals surface area contributed by atoms with E-state index in [0.29, 0.717) is 26.4 Å². The lowest BCUT2D eigenvalue weighted by atomic mass is 10.1. The van der Waals surface area contributed by atoms with Gasteiger partial charge in [-0.05, 0) is 51.3 Å². The number of ether oxygens (including phenoxy) is 4. The standard InChI is InChI=1S/C23H30N4O4/c1-16-14-28-9-10-29-17(2)15-31-19-6-7-21-20(11-19)23(18-12-24-26(16)13-18)25-27(21)22-5-3-4-8-30-22/h6-7,11-13,16-17,22H,3-5,8-10,14-15H2,1-2H3/t16-,17+,22?/m1/s1. The first-order chi connectivity index (χ1) is 15.2. The van der Waals surface area contributed by atoms with Gasteiger partial charge in [-0.2, -0.15) is 10.2 Å². The maximum Gasteiger partial charge on any atom is 0.150 e. The Morgan fingerprint density at radius 1 is 1.03 bits per heavy atom. The first kappa shape index (κ1) is 20.5. The van der Waals surface area contributed by atoms with E-state index < -0.39 is 0 Å². The number of hydrogen-bond acceptors (Lipinski definition) is 6. The zero-order valence-corrected chi connectivity index (χ0v) is 18.2. The van der Waals surface area contributed by atoms with Crippen LogP contribution >= 0.6 is 0 Å². The lowest BCUT2D eigenvalue weighted by molar-refractivity contribution is -0.0365. The number of nitrogens with zero attached hydrogens (tertiary/aromatic N) is 4. The normalized spacial score (nSPS) is 25.5. The summed E-state index contributed by atoms with van der Waals surface area (Å²) in [6.07, 6.45) is 7.08. The maximum atomic E-state index is 6.04. The molecule has 1 unspecified atom stereocenters. The summed E-state index contributed by atoms with van der Waals surface area (Å²) in [5, 5.41) is 10.6. The molecule has 5 rings (SSSR count). The van der Waals surface area contributed by atoms with Crippen molar-refractivity contribution in [1.82, 2.24) is 19.6 Å². The summed E-state index contributed by atoms with van der Waals surface area (Å²) < 4.78 is 27.6. The van der Waals surface area contributed by atoms with Crippen molar-refractivity contribution in [2.75, 3.05) is 33.0 Å². The highest BCUT2D eigenvalue weighted by atomic mass is 16.6. The van der Waals surface area contributed by atoms with Gasteiger partial charge in [-0.25, -0.2) is 4.68 Å². The van der Waals surface area contributed by atoms with Gasteiger partial charge in [0.1, 0.15) is 18.1 Å². The molecule has 1 fully saturated rings. The summed E-state index contributed by atoms with van der Waals surface area (Å²) in [5.74, 6) is 0.803. The molecule has 4 bridgehead atoms. The molecule has 3 aromatic rings. The number of rotatable bonds is 1. The van der Waals surface area contributed by atoms with Crippen LogP contribution in [0, 0.1) is 0 Å². The molecule has 0 aliphatic carbocycles. The first-order valence-corrected chi connectivity index (χ1v) is 11.2. The van der Waals surface area contributed by atoms with E-state index in [1.165, 1.54) is 0 Å². The van der Waals surface area contributed by atoms with Crippen LogP contribution < -0.4 is 4.74 Å². The van der Waals surface area contributed by atoms with Crippen molar-refractivity contribution >= 4 is 10.9 Å². The lowest BCUT2D eigenvalue weighted by Gasteiger charge is -2.23. The second-order valence-corrected chi connectivity index (χ2v) is 8.42. The molecule has 0 radical (unpaired) electrons. The zero-order valence-electron chi connectivity index (χ0n) is 18.2. The number of benzene rings is 1. The van der Waals surface area contributed by atoms with Gasteiger partial charge in [0, 0.05) is 23.8 Å². The van der Waals surface area contributed by atoms with Crippen molar-refractivity contribution in [2.45, 2.75) is 51.5 Å². The Balaban J connectivity index is 1.58. The third-order valence-electron chi connectivity index (χ3n) is 5.91. The number of hydrogen-bond donors (Lipinski definition) is 0. The van der Waals surface area contributed by atoms with Crippen LogP contribution in [0.3, 0.4) is 0 Å². The molecular formula is C23H30N4O4. The summed E-state index contributed by atoms with van der Waals surface area (Å²) in [6, 6.07) is 6.26. The van der Waals surface area contributed by atoms with Crippen LogP contribution in [-0.2, 0) is 14.2 Å². The summed E-state index contributed by atoms with van der Waals surface area (Å²) >= 11 is 0. The van der Waals surface area contributed by atoms with Gasteiger partial charge in [-0.1, -0.05) is 0 Å². The van der Waals surface area contributed by atoms with Gasteiger partial charge in [-0.3, -0.25) is 4.68 Å². The van der Waals surface area contributed by atoms with Crippen molar-refractivity contribution < 1.29 is 18.9 Å². The Kier molecular flexibility index (Phi) is 5.93. The van der Waals surface area contributed by atoms with E-state index >= 15 is 0 Å². The van der Waals surface area contributed by atoms with Crippen molar-refractivity contribution in [3.05, 3.63) is 30.6 Å². The highest BCUT2D eigenvalue weighted by Crippen LogP contribution is 2.35. The highest BCUT2D eigenvalue weighted by Gasteiger charge is 2.23. The monoisotopic (exact) mass is 426 g/mol. The topological polar surface area (TPSA) is 72.6 Å². The maximum absolute atomic E-state index is 6.04. The fourth-order valence-electron chi connectivity index (χ4n) is 4.16. The van der Waals surface area contributed by atoms with Gasteiger partial charge in [0.05, 0.1) is 43.7 Å². The van der Waals surface area contributed by atoms with Crippen LogP contribution in [0.4, 0.5) is 0 Å². The van der Waals surface area contributed by atoms with Gasteiger partial charge < -0.3 is 18.9 Å². The van der Waals surface area contributed by atoms with Crippen LogP contribution in [0.1, 0.15) is 45.4 Å². The van der Waals surface area contributed by atoms with E-state index in [-0.39, 0.29) is 18.4 Å². The second-order valence-electron chi connectivity index (χ2n) is 8.42. The quantitative estimate of drug-likeness (QED) is 0.586. The molecule has 2 aromatic heterocycles. The SMILES string of the molecule is C[C@@H]1COCCO[C@@H](C)COc2ccc3c(c2)c(nn3C2CCCCO2)-c2cnn1c2. The van der Waals surface area contributed by atoms with E-state index in [1.807, 2.05) is 34.7 Å². The Labute approximate surface area is 182 Å². The predicted octanol–water partition coefficient (Wildman–Crippen LogP) is 3.97. The molecule has 2 aliphatic rings. The summed E-state index contributed by atoms with van der Waals surface area (Å²) in [4.78, 5) is 0. The van der Waals surface area contributed by atoms with E-state index in [0.717, 1.165) is 53.8 Å². The van der Waals surface area contributed by atoms with Gasteiger partial charge in [0.15, 0.2) is 6.23 Å². The fraction of sp³-hybridized carbons (Fsp3) is 0.565. The van der Waals surface area contributed by atoms with E-state index in [4.69, 9.17) is 24.0 Å². The van der Waals surface area contributed by atoms with Crippen molar-refractivity contribution in [1.29, 1.82) is 0 Å². The molecule has 8 nitrogen and oxygen atoms in total. The number of aromatic nitrogens is 4. The summed E-state index contributed by atoms with van der Waals surface area (Å²) in [6.45, 7) is 7.03. The highest BCUT2D eigenvalue weighted by molar-refractivity contribution is 5.94. The fourth-order valence-corrected chi connectivity index (χ4v) is 4.16. The van der Waals surface area contributed by atoms with Crippen molar-refractivity contribution in [3.8, 4) is 17.0 Å². The lowest BCUT2D eigenvalue weighted by Crippen LogP contribution is -2.21. The molecule has 4 heterocycles. The second kappa shape index (κ2) is 8.98. The van der Waals surface area contributed by atoms with Gasteiger partial charge in [0.25, 0.3) is 0 Å². The van der Waals surface area contributed by atoms with Crippen molar-refractivity contribution in [3.63, 3.8) is 0 Å². The van der Waals surface area contributed by atoms with E-state index in [1.54, 1.807) is 0 Å². The molecule has 0 N–H and O–H groups in total. The van der Waals surface area contributed by atoms with E-state index in [9.17, 15) is 0 Å². The van der Waals surface area contributed by atoms with Gasteiger partial charge in [0.2, 0.25) is 0 Å². The molecule has 166 valence electrons. The molecule has 2 aliphatic heterocycles. The molecule has 0 saturated carbocycles. The van der Waals surface area contributed by atoms with Gasteiger partial charge in [-0.15, -0.1) is 0 Å². The van der Waals surface area contributed by atoms with Crippen LogP contribution in [0.2, 0.25) is 0 Å². The summed E-state index contributed by atoms with van der Waals surface area (Å²) in [5.41, 5.74) is 2.92. The third kappa shape index (κ3) is 4.33. The van der Waals surface area contributed by atoms with Crippen LogP contribution in [0.15, 0.2) is 30.6 Å². The molecular weight excluding hydrogens is 396 g/mol. The molecule has 8 heteroatoms.